The van der Waals surface area contributed by atoms with E-state index in [1.54, 1.807) is 0 Å². The second-order valence-corrected chi connectivity index (χ2v) is 5.86. The summed E-state index contributed by atoms with van der Waals surface area (Å²) in [5.74, 6) is 6.14. The Labute approximate surface area is 113 Å². The molecule has 1 N–H and O–H groups in total. The van der Waals surface area contributed by atoms with Crippen molar-refractivity contribution in [2.45, 2.75) is 47.1 Å². The Balaban J connectivity index is 3.21. The zero-order valence-electron chi connectivity index (χ0n) is 12.6. The number of ether oxygens (including phenoxy) is 2. The van der Waals surface area contributed by atoms with Crippen molar-refractivity contribution in [1.82, 2.24) is 5.32 Å². The summed E-state index contributed by atoms with van der Waals surface area (Å²) in [5.41, 5.74) is 0.277. The molecule has 0 unspecified atom stereocenters. The predicted molar refractivity (Wildman–Crippen MR) is 76.6 cm³/mol. The fraction of sp³-hybridized carbons (Fsp3) is 0.867. The first kappa shape index (κ1) is 17.4. The Hall–Kier alpha value is -0.560. The van der Waals surface area contributed by atoms with Crippen LogP contribution in [0.15, 0.2) is 0 Å². The van der Waals surface area contributed by atoms with E-state index in [4.69, 9.17) is 9.47 Å². The number of hydrogen-bond donors (Lipinski definition) is 1. The largest absolute Gasteiger partial charge is 0.378 e. The Bertz CT molecular complexity index is 245. The quantitative estimate of drug-likeness (QED) is 0.534. The lowest BCUT2D eigenvalue weighted by Crippen LogP contribution is -2.27. The maximum Gasteiger partial charge on any atom is 0.107 e. The van der Waals surface area contributed by atoms with Crippen LogP contribution in [0.2, 0.25) is 0 Å². The van der Waals surface area contributed by atoms with Crippen LogP contribution >= 0.6 is 0 Å². The van der Waals surface area contributed by atoms with Crippen molar-refractivity contribution in [3.05, 3.63) is 0 Å². The van der Waals surface area contributed by atoms with Gasteiger partial charge in [0.15, 0.2) is 0 Å². The normalized spacial score (nSPS) is 11.4. The molecule has 0 atom stereocenters. The maximum absolute atomic E-state index is 5.41. The first-order valence-corrected chi connectivity index (χ1v) is 6.76. The summed E-state index contributed by atoms with van der Waals surface area (Å²) in [6, 6.07) is 0.517. The Morgan fingerprint density at radius 1 is 1.00 bits per heavy atom. The Morgan fingerprint density at radius 3 is 2.28 bits per heavy atom. The molecule has 0 aromatic rings. The SMILES string of the molecule is CC(C)NCCOCCOCC#CCC(C)(C)C. The minimum Gasteiger partial charge on any atom is -0.378 e. The summed E-state index contributed by atoms with van der Waals surface area (Å²) < 4.78 is 10.8. The van der Waals surface area contributed by atoms with Crippen LogP contribution in [-0.2, 0) is 9.47 Å². The first-order valence-electron chi connectivity index (χ1n) is 6.76. The van der Waals surface area contributed by atoms with Crippen molar-refractivity contribution in [2.75, 3.05) is 33.0 Å². The molecule has 0 saturated heterocycles. The van der Waals surface area contributed by atoms with E-state index in [-0.39, 0.29) is 5.41 Å². The summed E-state index contributed by atoms with van der Waals surface area (Å²) in [5, 5.41) is 3.29. The van der Waals surface area contributed by atoms with Crippen LogP contribution in [0, 0.1) is 17.3 Å². The summed E-state index contributed by atoms with van der Waals surface area (Å²) in [6.07, 6.45) is 0.910. The molecule has 3 nitrogen and oxygen atoms in total. The molecule has 0 aromatic carbocycles. The summed E-state index contributed by atoms with van der Waals surface area (Å²) in [4.78, 5) is 0. The lowest BCUT2D eigenvalue weighted by Gasteiger charge is -2.12. The van der Waals surface area contributed by atoms with E-state index in [1.807, 2.05) is 0 Å². The fourth-order valence-corrected chi connectivity index (χ4v) is 1.14. The molecular formula is C15H29NO2. The van der Waals surface area contributed by atoms with E-state index < -0.39 is 0 Å². The summed E-state index contributed by atoms with van der Waals surface area (Å²) >= 11 is 0. The van der Waals surface area contributed by atoms with E-state index >= 15 is 0 Å². The minimum atomic E-state index is 0.277. The molecule has 0 aliphatic carbocycles. The van der Waals surface area contributed by atoms with Gasteiger partial charge in [-0.3, -0.25) is 0 Å². The van der Waals surface area contributed by atoms with Gasteiger partial charge in [0.2, 0.25) is 0 Å². The molecule has 0 spiro atoms. The van der Waals surface area contributed by atoms with Gasteiger partial charge in [0, 0.05) is 19.0 Å². The van der Waals surface area contributed by atoms with Crippen molar-refractivity contribution < 1.29 is 9.47 Å². The van der Waals surface area contributed by atoms with Crippen LogP contribution in [0.25, 0.3) is 0 Å². The van der Waals surface area contributed by atoms with Gasteiger partial charge < -0.3 is 14.8 Å². The van der Waals surface area contributed by atoms with E-state index in [0.717, 1.165) is 19.6 Å². The molecule has 0 radical (unpaired) electrons. The van der Waals surface area contributed by atoms with Gasteiger partial charge in [0.1, 0.15) is 6.61 Å². The molecule has 0 aliphatic rings. The average molecular weight is 255 g/mol. The van der Waals surface area contributed by atoms with Crippen LogP contribution in [-0.4, -0.2) is 39.0 Å². The minimum absolute atomic E-state index is 0.277. The highest BCUT2D eigenvalue weighted by Crippen LogP contribution is 2.16. The fourth-order valence-electron chi connectivity index (χ4n) is 1.14. The topological polar surface area (TPSA) is 30.5 Å². The molecule has 0 amide bonds. The maximum atomic E-state index is 5.41. The highest BCUT2D eigenvalue weighted by molar-refractivity contribution is 5.01. The molecule has 0 heterocycles. The number of rotatable bonds is 8. The first-order chi connectivity index (χ1) is 8.42. The zero-order valence-corrected chi connectivity index (χ0v) is 12.6. The Morgan fingerprint density at radius 2 is 1.67 bits per heavy atom. The van der Waals surface area contributed by atoms with Crippen LogP contribution in [0.3, 0.4) is 0 Å². The average Bonchev–Trinajstić information content (AvgIpc) is 2.24. The molecule has 0 saturated carbocycles. The molecule has 3 heteroatoms. The summed E-state index contributed by atoms with van der Waals surface area (Å²) in [7, 11) is 0. The smallest absolute Gasteiger partial charge is 0.107 e. The number of hydrogen-bond acceptors (Lipinski definition) is 3. The monoisotopic (exact) mass is 255 g/mol. The third-order valence-electron chi connectivity index (χ3n) is 2.09. The highest BCUT2D eigenvalue weighted by atomic mass is 16.5. The number of nitrogens with one attached hydrogen (secondary N) is 1. The lowest BCUT2D eigenvalue weighted by molar-refractivity contribution is 0.0608. The zero-order chi connectivity index (χ0) is 13.9. The van der Waals surface area contributed by atoms with Gasteiger partial charge in [-0.25, -0.2) is 0 Å². The van der Waals surface area contributed by atoms with Crippen LogP contribution in [0.1, 0.15) is 41.0 Å². The van der Waals surface area contributed by atoms with E-state index in [2.05, 4.69) is 51.8 Å². The molecule has 0 bridgehead atoms. The molecule has 0 fully saturated rings. The van der Waals surface area contributed by atoms with Gasteiger partial charge in [-0.2, -0.15) is 0 Å². The van der Waals surface area contributed by atoms with Crippen molar-refractivity contribution in [1.29, 1.82) is 0 Å². The molecule has 0 rings (SSSR count). The van der Waals surface area contributed by atoms with Crippen molar-refractivity contribution in [3.8, 4) is 11.8 Å². The van der Waals surface area contributed by atoms with Gasteiger partial charge in [0.25, 0.3) is 0 Å². The van der Waals surface area contributed by atoms with E-state index in [1.165, 1.54) is 0 Å². The van der Waals surface area contributed by atoms with Crippen molar-refractivity contribution >= 4 is 0 Å². The Kier molecular flexibility index (Phi) is 10.0. The standard InChI is InChI=1S/C15H29NO2/c1-14(2)16-9-11-18-13-12-17-10-7-6-8-15(3,4)5/h14,16H,8-13H2,1-5H3. The molecule has 0 aliphatic heterocycles. The molecule has 18 heavy (non-hydrogen) atoms. The van der Waals surface area contributed by atoms with Gasteiger partial charge >= 0.3 is 0 Å². The molecule has 0 aromatic heterocycles. The van der Waals surface area contributed by atoms with Gasteiger partial charge in [-0.1, -0.05) is 40.5 Å². The third-order valence-corrected chi connectivity index (χ3v) is 2.09. The second-order valence-electron chi connectivity index (χ2n) is 5.86. The third kappa shape index (κ3) is 15.4. The molecular weight excluding hydrogens is 226 g/mol. The van der Waals surface area contributed by atoms with E-state index in [9.17, 15) is 0 Å². The van der Waals surface area contributed by atoms with Gasteiger partial charge in [-0.05, 0) is 5.41 Å². The van der Waals surface area contributed by atoms with E-state index in [0.29, 0.717) is 25.9 Å². The summed E-state index contributed by atoms with van der Waals surface area (Å²) in [6.45, 7) is 14.2. The van der Waals surface area contributed by atoms with Crippen LogP contribution in [0.5, 0.6) is 0 Å². The highest BCUT2D eigenvalue weighted by Gasteiger charge is 2.06. The van der Waals surface area contributed by atoms with Crippen molar-refractivity contribution in [2.24, 2.45) is 5.41 Å². The molecule has 106 valence electrons. The van der Waals surface area contributed by atoms with Crippen LogP contribution in [0.4, 0.5) is 0 Å². The van der Waals surface area contributed by atoms with Gasteiger partial charge in [0.05, 0.1) is 19.8 Å². The van der Waals surface area contributed by atoms with Crippen LogP contribution < -0.4 is 5.32 Å². The second kappa shape index (κ2) is 10.4. The predicted octanol–water partition coefficient (Wildman–Crippen LogP) is 2.46. The van der Waals surface area contributed by atoms with Crippen molar-refractivity contribution in [3.63, 3.8) is 0 Å². The van der Waals surface area contributed by atoms with Gasteiger partial charge in [-0.15, -0.1) is 5.92 Å². The lowest BCUT2D eigenvalue weighted by atomic mass is 9.93.